The highest BCUT2D eigenvalue weighted by molar-refractivity contribution is 5.71. The van der Waals surface area contributed by atoms with Crippen molar-refractivity contribution in [2.24, 2.45) is 0 Å². The summed E-state index contributed by atoms with van der Waals surface area (Å²) < 4.78 is 5.12. The molecule has 1 saturated heterocycles. The maximum Gasteiger partial charge on any atom is 0.408 e. The molecule has 3 nitrogen and oxygen atoms in total. The van der Waals surface area contributed by atoms with Gasteiger partial charge in [0, 0.05) is 0 Å². The third kappa shape index (κ3) is 0.988. The van der Waals surface area contributed by atoms with E-state index < -0.39 is 0 Å². The molecule has 2 fully saturated rings. The summed E-state index contributed by atoms with van der Waals surface area (Å²) in [5, 5.41) is 2.87. The number of carbonyl (C=O) groups excluding carboxylic acids is 1. The number of fused-ring (bicyclic) bond motifs is 1. The van der Waals surface area contributed by atoms with Crippen LogP contribution in [0.2, 0.25) is 0 Å². The molecule has 0 aromatic heterocycles. The Balaban J connectivity index is 2.17. The summed E-state index contributed by atoms with van der Waals surface area (Å²) in [6.45, 7) is 2.07. The van der Waals surface area contributed by atoms with E-state index in [-0.39, 0.29) is 17.7 Å². The van der Waals surface area contributed by atoms with E-state index in [9.17, 15) is 4.79 Å². The van der Waals surface area contributed by atoms with E-state index in [0.717, 1.165) is 12.8 Å². The molecule has 1 saturated carbocycles. The third-order valence-corrected chi connectivity index (χ3v) is 2.76. The third-order valence-electron chi connectivity index (χ3n) is 2.76. The maximum absolute atomic E-state index is 10.9. The highest BCUT2D eigenvalue weighted by Gasteiger charge is 2.45. The first-order valence-electron chi connectivity index (χ1n) is 4.19. The van der Waals surface area contributed by atoms with Crippen LogP contribution in [-0.2, 0) is 4.74 Å². The topological polar surface area (TPSA) is 38.3 Å². The molecular weight excluding hydrogens is 142 g/mol. The number of nitrogens with one attached hydrogen (secondary N) is 1. The van der Waals surface area contributed by atoms with Crippen molar-refractivity contribution in [3.05, 3.63) is 0 Å². The molecule has 2 aliphatic rings. The first-order chi connectivity index (χ1) is 5.21. The number of rotatable bonds is 0. The van der Waals surface area contributed by atoms with Crippen LogP contribution >= 0.6 is 0 Å². The lowest BCUT2D eigenvalue weighted by Gasteiger charge is -2.32. The van der Waals surface area contributed by atoms with Gasteiger partial charge in [0.05, 0.1) is 5.54 Å². The van der Waals surface area contributed by atoms with Gasteiger partial charge >= 0.3 is 6.09 Å². The number of carbonyl (C=O) groups is 1. The van der Waals surface area contributed by atoms with Crippen LogP contribution in [0.1, 0.15) is 32.6 Å². The number of alkyl carbamates (subject to hydrolysis) is 1. The van der Waals surface area contributed by atoms with Gasteiger partial charge in [-0.15, -0.1) is 0 Å². The fourth-order valence-corrected chi connectivity index (χ4v) is 2.03. The molecule has 0 aromatic carbocycles. The van der Waals surface area contributed by atoms with Crippen LogP contribution in [0.4, 0.5) is 4.79 Å². The van der Waals surface area contributed by atoms with Crippen molar-refractivity contribution in [1.82, 2.24) is 5.32 Å². The molecule has 1 heterocycles. The quantitative estimate of drug-likeness (QED) is 0.574. The number of hydrogen-bond donors (Lipinski definition) is 1. The Kier molecular flexibility index (Phi) is 1.34. The summed E-state index contributed by atoms with van der Waals surface area (Å²) in [4.78, 5) is 10.9. The van der Waals surface area contributed by atoms with Crippen molar-refractivity contribution in [1.29, 1.82) is 0 Å². The minimum atomic E-state index is -0.237. The highest BCUT2D eigenvalue weighted by atomic mass is 16.6. The summed E-state index contributed by atoms with van der Waals surface area (Å²) in [7, 11) is 0. The van der Waals surface area contributed by atoms with Gasteiger partial charge in [-0.2, -0.15) is 0 Å². The molecule has 0 radical (unpaired) electrons. The first kappa shape index (κ1) is 6.95. The minimum Gasteiger partial charge on any atom is -0.444 e. The molecule has 0 bridgehead atoms. The van der Waals surface area contributed by atoms with Crippen molar-refractivity contribution >= 4 is 6.09 Å². The molecule has 1 amide bonds. The summed E-state index contributed by atoms with van der Waals surface area (Å²) in [5.74, 6) is 0. The van der Waals surface area contributed by atoms with Crippen molar-refractivity contribution in [2.45, 2.75) is 44.2 Å². The van der Waals surface area contributed by atoms with Gasteiger partial charge in [0.1, 0.15) is 6.10 Å². The van der Waals surface area contributed by atoms with Crippen LogP contribution in [0.25, 0.3) is 0 Å². The predicted molar refractivity (Wildman–Crippen MR) is 40.3 cm³/mol. The summed E-state index contributed by atoms with van der Waals surface area (Å²) in [5.41, 5.74) is -0.0602. The normalized spacial score (nSPS) is 42.6. The van der Waals surface area contributed by atoms with E-state index in [1.807, 2.05) is 0 Å². The Hall–Kier alpha value is -0.730. The zero-order valence-corrected chi connectivity index (χ0v) is 6.72. The SMILES string of the molecule is C[C@@]12CCCC[C@H]1OC(=O)N2. The molecule has 0 spiro atoms. The lowest BCUT2D eigenvalue weighted by Crippen LogP contribution is -2.47. The van der Waals surface area contributed by atoms with Crippen molar-refractivity contribution < 1.29 is 9.53 Å². The molecular formula is C8H13NO2. The lowest BCUT2D eigenvalue weighted by molar-refractivity contribution is 0.0849. The largest absolute Gasteiger partial charge is 0.444 e. The lowest BCUT2D eigenvalue weighted by atomic mass is 9.81. The van der Waals surface area contributed by atoms with E-state index in [0.29, 0.717) is 0 Å². The second-order valence-corrected chi connectivity index (χ2v) is 3.68. The van der Waals surface area contributed by atoms with Crippen molar-refractivity contribution in [3.63, 3.8) is 0 Å². The second-order valence-electron chi connectivity index (χ2n) is 3.68. The van der Waals surface area contributed by atoms with Gasteiger partial charge in [0.15, 0.2) is 0 Å². The van der Waals surface area contributed by atoms with Gasteiger partial charge in [-0.1, -0.05) is 6.42 Å². The van der Waals surface area contributed by atoms with Gasteiger partial charge in [-0.05, 0) is 26.2 Å². The van der Waals surface area contributed by atoms with E-state index in [1.165, 1.54) is 12.8 Å². The van der Waals surface area contributed by atoms with Crippen molar-refractivity contribution in [3.8, 4) is 0 Å². The maximum atomic E-state index is 10.9. The monoisotopic (exact) mass is 155 g/mol. The Morgan fingerprint density at radius 3 is 3.18 bits per heavy atom. The van der Waals surface area contributed by atoms with Gasteiger partial charge < -0.3 is 10.1 Å². The van der Waals surface area contributed by atoms with E-state index >= 15 is 0 Å². The first-order valence-corrected chi connectivity index (χ1v) is 4.19. The van der Waals surface area contributed by atoms with Crippen LogP contribution < -0.4 is 5.32 Å². The highest BCUT2D eigenvalue weighted by Crippen LogP contribution is 2.34. The van der Waals surface area contributed by atoms with E-state index in [4.69, 9.17) is 4.74 Å². The minimum absolute atomic E-state index is 0.0602. The van der Waals surface area contributed by atoms with E-state index in [1.54, 1.807) is 0 Å². The van der Waals surface area contributed by atoms with Crippen molar-refractivity contribution in [2.75, 3.05) is 0 Å². The Morgan fingerprint density at radius 2 is 2.45 bits per heavy atom. The molecule has 62 valence electrons. The molecule has 2 atom stereocenters. The van der Waals surface area contributed by atoms with Crippen LogP contribution in [0, 0.1) is 0 Å². The molecule has 3 heteroatoms. The standard InChI is InChI=1S/C8H13NO2/c1-8-5-3-2-4-6(8)11-7(10)9-8/h6H,2-5H2,1H3,(H,9,10)/t6-,8-/m1/s1. The van der Waals surface area contributed by atoms with Gasteiger partial charge in [-0.25, -0.2) is 4.79 Å². The predicted octanol–water partition coefficient (Wildman–Crippen LogP) is 1.43. The van der Waals surface area contributed by atoms with Crippen LogP contribution in [-0.4, -0.2) is 17.7 Å². The summed E-state index contributed by atoms with van der Waals surface area (Å²) in [6, 6.07) is 0. The van der Waals surface area contributed by atoms with Crippen LogP contribution in [0.5, 0.6) is 0 Å². The summed E-state index contributed by atoms with van der Waals surface area (Å²) >= 11 is 0. The Morgan fingerprint density at radius 1 is 1.64 bits per heavy atom. The molecule has 11 heavy (non-hydrogen) atoms. The van der Waals surface area contributed by atoms with Gasteiger partial charge in [0.25, 0.3) is 0 Å². The molecule has 1 aliphatic heterocycles. The molecule has 1 N–H and O–H groups in total. The van der Waals surface area contributed by atoms with E-state index in [2.05, 4.69) is 12.2 Å². The molecule has 1 aliphatic carbocycles. The average Bonchev–Trinajstić information content (AvgIpc) is 2.22. The fourth-order valence-electron chi connectivity index (χ4n) is 2.03. The van der Waals surface area contributed by atoms with Gasteiger partial charge in [-0.3, -0.25) is 0 Å². The number of ether oxygens (including phenoxy) is 1. The Labute approximate surface area is 66.1 Å². The molecule has 0 aromatic rings. The van der Waals surface area contributed by atoms with Crippen LogP contribution in [0.3, 0.4) is 0 Å². The molecule has 2 rings (SSSR count). The summed E-state index contributed by atoms with van der Waals surface area (Å²) in [6.07, 6.45) is 4.37. The second kappa shape index (κ2) is 2.13. The zero-order chi connectivity index (χ0) is 7.90. The average molecular weight is 155 g/mol. The Bertz CT molecular complexity index is 193. The smallest absolute Gasteiger partial charge is 0.408 e. The van der Waals surface area contributed by atoms with Gasteiger partial charge in [0.2, 0.25) is 0 Å². The number of amides is 1. The molecule has 0 unspecified atom stereocenters. The number of hydrogen-bond acceptors (Lipinski definition) is 2. The fraction of sp³-hybridized carbons (Fsp3) is 0.875. The van der Waals surface area contributed by atoms with Crippen LogP contribution in [0.15, 0.2) is 0 Å². The zero-order valence-electron chi connectivity index (χ0n) is 6.72.